The van der Waals surface area contributed by atoms with Crippen molar-refractivity contribution in [1.29, 1.82) is 0 Å². The molecule has 0 spiro atoms. The molecular weight excluding hydrogens is 236 g/mol. The lowest BCUT2D eigenvalue weighted by molar-refractivity contribution is 0.113. The van der Waals surface area contributed by atoms with Gasteiger partial charge in [-0.05, 0) is 50.8 Å². The summed E-state index contributed by atoms with van der Waals surface area (Å²) in [7, 11) is 4.32. The zero-order valence-electron chi connectivity index (χ0n) is 12.7. The molecule has 4 atom stereocenters. The van der Waals surface area contributed by atoms with Crippen LogP contribution in [-0.2, 0) is 6.54 Å². The molecular formula is C16H28N2O. The van der Waals surface area contributed by atoms with Crippen LogP contribution in [0.3, 0.4) is 0 Å². The van der Waals surface area contributed by atoms with Gasteiger partial charge in [0.05, 0.1) is 12.5 Å². The van der Waals surface area contributed by atoms with Gasteiger partial charge in [-0.3, -0.25) is 0 Å². The van der Waals surface area contributed by atoms with E-state index in [1.54, 1.807) is 6.26 Å². The van der Waals surface area contributed by atoms with Crippen LogP contribution in [0.25, 0.3) is 0 Å². The molecule has 0 radical (unpaired) electrons. The molecule has 0 aliphatic heterocycles. The van der Waals surface area contributed by atoms with Gasteiger partial charge in [0.2, 0.25) is 0 Å². The second-order valence-electron chi connectivity index (χ2n) is 6.44. The number of hydrogen-bond donors (Lipinski definition) is 1. The minimum absolute atomic E-state index is 0.658. The SMILES string of the molecule is CNC1CC(C)CC(C)C1CN(C)Cc1ccoc1. The van der Waals surface area contributed by atoms with Crippen molar-refractivity contribution in [3.05, 3.63) is 24.2 Å². The number of nitrogens with one attached hydrogen (secondary N) is 1. The summed E-state index contributed by atoms with van der Waals surface area (Å²) in [5, 5.41) is 3.53. The van der Waals surface area contributed by atoms with E-state index in [0.29, 0.717) is 6.04 Å². The van der Waals surface area contributed by atoms with E-state index in [-0.39, 0.29) is 0 Å². The van der Waals surface area contributed by atoms with Crippen LogP contribution in [-0.4, -0.2) is 31.6 Å². The standard InChI is InChI=1S/C16H28N2O/c1-12-7-13(2)15(16(8-12)17-3)10-18(4)9-14-5-6-19-11-14/h5-6,11-13,15-17H,7-10H2,1-4H3. The van der Waals surface area contributed by atoms with Crippen LogP contribution in [0.2, 0.25) is 0 Å². The highest BCUT2D eigenvalue weighted by atomic mass is 16.3. The van der Waals surface area contributed by atoms with Crippen LogP contribution in [0.4, 0.5) is 0 Å². The Labute approximate surface area is 117 Å². The molecule has 1 saturated carbocycles. The summed E-state index contributed by atoms with van der Waals surface area (Å²) in [5.41, 5.74) is 1.26. The molecule has 0 amide bonds. The van der Waals surface area contributed by atoms with Crippen molar-refractivity contribution in [1.82, 2.24) is 10.2 Å². The molecule has 1 aliphatic carbocycles. The largest absolute Gasteiger partial charge is 0.472 e. The minimum Gasteiger partial charge on any atom is -0.472 e. The van der Waals surface area contributed by atoms with Crippen molar-refractivity contribution in [3.63, 3.8) is 0 Å². The van der Waals surface area contributed by atoms with Gasteiger partial charge in [-0.25, -0.2) is 0 Å². The molecule has 3 heteroatoms. The van der Waals surface area contributed by atoms with Gasteiger partial charge in [0.1, 0.15) is 0 Å². The average molecular weight is 264 g/mol. The predicted molar refractivity (Wildman–Crippen MR) is 78.9 cm³/mol. The Hall–Kier alpha value is -0.800. The first kappa shape index (κ1) is 14.6. The van der Waals surface area contributed by atoms with E-state index < -0.39 is 0 Å². The average Bonchev–Trinajstić information content (AvgIpc) is 2.85. The highest BCUT2D eigenvalue weighted by Crippen LogP contribution is 2.34. The highest BCUT2D eigenvalue weighted by Gasteiger charge is 2.33. The monoisotopic (exact) mass is 264 g/mol. The first-order chi connectivity index (χ1) is 9.10. The summed E-state index contributed by atoms with van der Waals surface area (Å²) in [5.74, 6) is 2.40. The zero-order valence-corrected chi connectivity index (χ0v) is 12.7. The maximum Gasteiger partial charge on any atom is 0.0947 e. The second kappa shape index (κ2) is 6.58. The summed E-state index contributed by atoms with van der Waals surface area (Å²) >= 11 is 0. The second-order valence-corrected chi connectivity index (χ2v) is 6.44. The van der Waals surface area contributed by atoms with Gasteiger partial charge >= 0.3 is 0 Å². The molecule has 3 nitrogen and oxygen atoms in total. The molecule has 0 bridgehead atoms. The number of furan rings is 1. The molecule has 1 aliphatic rings. The molecule has 19 heavy (non-hydrogen) atoms. The fourth-order valence-corrected chi connectivity index (χ4v) is 3.67. The van der Waals surface area contributed by atoms with Gasteiger partial charge < -0.3 is 14.6 Å². The Morgan fingerprint density at radius 1 is 1.37 bits per heavy atom. The van der Waals surface area contributed by atoms with Crippen molar-refractivity contribution in [2.75, 3.05) is 20.6 Å². The number of nitrogens with zero attached hydrogens (tertiary/aromatic N) is 1. The molecule has 1 aromatic heterocycles. The Kier molecular flexibility index (Phi) is 5.06. The van der Waals surface area contributed by atoms with Gasteiger partial charge in [0.25, 0.3) is 0 Å². The molecule has 0 aromatic carbocycles. The first-order valence-corrected chi connectivity index (χ1v) is 7.47. The molecule has 2 rings (SSSR count). The maximum atomic E-state index is 5.14. The normalized spacial score (nSPS) is 31.8. The summed E-state index contributed by atoms with van der Waals surface area (Å²) in [6.45, 7) is 6.93. The van der Waals surface area contributed by atoms with Gasteiger partial charge in [-0.1, -0.05) is 13.8 Å². The van der Waals surface area contributed by atoms with Crippen molar-refractivity contribution in [2.45, 2.75) is 39.3 Å². The van der Waals surface area contributed by atoms with Crippen molar-refractivity contribution < 1.29 is 4.42 Å². The lowest BCUT2D eigenvalue weighted by Crippen LogP contribution is -2.47. The summed E-state index contributed by atoms with van der Waals surface area (Å²) < 4.78 is 5.14. The third-order valence-electron chi connectivity index (χ3n) is 4.60. The smallest absolute Gasteiger partial charge is 0.0947 e. The summed E-state index contributed by atoms with van der Waals surface area (Å²) in [4.78, 5) is 2.42. The quantitative estimate of drug-likeness (QED) is 0.886. The summed E-state index contributed by atoms with van der Waals surface area (Å²) in [6.07, 6.45) is 6.27. The van der Waals surface area contributed by atoms with Crippen molar-refractivity contribution in [3.8, 4) is 0 Å². The molecule has 1 fully saturated rings. The Bertz CT molecular complexity index is 363. The Morgan fingerprint density at radius 3 is 2.79 bits per heavy atom. The van der Waals surface area contributed by atoms with Crippen LogP contribution in [0.15, 0.2) is 23.0 Å². The van der Waals surface area contributed by atoms with E-state index in [0.717, 1.165) is 30.8 Å². The highest BCUT2D eigenvalue weighted by molar-refractivity contribution is 5.04. The van der Waals surface area contributed by atoms with Crippen LogP contribution < -0.4 is 5.32 Å². The van der Waals surface area contributed by atoms with Gasteiger partial charge in [-0.15, -0.1) is 0 Å². The lowest BCUT2D eigenvalue weighted by Gasteiger charge is -2.41. The van der Waals surface area contributed by atoms with Crippen LogP contribution in [0.5, 0.6) is 0 Å². The number of rotatable bonds is 5. The number of hydrogen-bond acceptors (Lipinski definition) is 3. The van der Waals surface area contributed by atoms with Gasteiger partial charge in [0, 0.05) is 24.7 Å². The van der Waals surface area contributed by atoms with Crippen molar-refractivity contribution in [2.24, 2.45) is 17.8 Å². The Balaban J connectivity index is 1.92. The van der Waals surface area contributed by atoms with Crippen LogP contribution in [0, 0.1) is 17.8 Å². The third-order valence-corrected chi connectivity index (χ3v) is 4.60. The van der Waals surface area contributed by atoms with E-state index in [9.17, 15) is 0 Å². The van der Waals surface area contributed by atoms with E-state index in [1.165, 1.54) is 18.4 Å². The fourth-order valence-electron chi connectivity index (χ4n) is 3.67. The zero-order chi connectivity index (χ0) is 13.8. The molecule has 1 aromatic rings. The Morgan fingerprint density at radius 2 is 2.16 bits per heavy atom. The topological polar surface area (TPSA) is 28.4 Å². The molecule has 0 saturated heterocycles. The minimum atomic E-state index is 0.658. The van der Waals surface area contributed by atoms with E-state index in [4.69, 9.17) is 4.42 Å². The van der Waals surface area contributed by atoms with Gasteiger partial charge in [-0.2, -0.15) is 0 Å². The lowest BCUT2D eigenvalue weighted by atomic mass is 9.72. The van der Waals surface area contributed by atoms with E-state index in [1.807, 2.05) is 6.26 Å². The van der Waals surface area contributed by atoms with Crippen LogP contribution in [0.1, 0.15) is 32.3 Å². The third kappa shape index (κ3) is 3.83. The van der Waals surface area contributed by atoms with E-state index in [2.05, 4.69) is 44.2 Å². The van der Waals surface area contributed by atoms with Gasteiger partial charge in [0.15, 0.2) is 0 Å². The van der Waals surface area contributed by atoms with E-state index >= 15 is 0 Å². The van der Waals surface area contributed by atoms with Crippen LogP contribution >= 0.6 is 0 Å². The van der Waals surface area contributed by atoms with Crippen molar-refractivity contribution >= 4 is 0 Å². The fraction of sp³-hybridized carbons (Fsp3) is 0.750. The molecule has 4 unspecified atom stereocenters. The predicted octanol–water partition coefficient (Wildman–Crippen LogP) is 2.98. The molecule has 1 N–H and O–H groups in total. The maximum absolute atomic E-state index is 5.14. The summed E-state index contributed by atoms with van der Waals surface area (Å²) in [6, 6.07) is 2.71. The first-order valence-electron chi connectivity index (χ1n) is 7.47. The molecule has 1 heterocycles. The molecule has 108 valence electrons.